The van der Waals surface area contributed by atoms with Gasteiger partial charge in [0.2, 0.25) is 0 Å². The molecule has 0 atom stereocenters. The molecule has 0 radical (unpaired) electrons. The molecule has 3 rings (SSSR count). The summed E-state index contributed by atoms with van der Waals surface area (Å²) in [6.07, 6.45) is 6.42. The Hall–Kier alpha value is -2.15. The van der Waals surface area contributed by atoms with Crippen molar-refractivity contribution in [2.24, 2.45) is 0 Å². The fraction of sp³-hybridized carbons (Fsp3) is 0.273. The van der Waals surface area contributed by atoms with E-state index in [4.69, 9.17) is 0 Å². The minimum atomic E-state index is -0.124. The average molecular weight is 306 g/mol. The van der Waals surface area contributed by atoms with E-state index in [1.54, 1.807) is 6.07 Å². The third-order valence-corrected chi connectivity index (χ3v) is 4.72. The molecule has 0 aliphatic heterocycles. The van der Waals surface area contributed by atoms with Crippen molar-refractivity contribution in [3.8, 4) is 11.1 Å². The highest BCUT2D eigenvalue weighted by Gasteiger charge is 2.16. The number of hydrogen-bond acceptors (Lipinski definition) is 0. The van der Waals surface area contributed by atoms with Crippen molar-refractivity contribution in [3.63, 3.8) is 0 Å². The van der Waals surface area contributed by atoms with Crippen LogP contribution in [0.25, 0.3) is 16.7 Å². The van der Waals surface area contributed by atoms with Crippen LogP contribution in [0.15, 0.2) is 65.8 Å². The van der Waals surface area contributed by atoms with E-state index in [1.807, 2.05) is 42.5 Å². The van der Waals surface area contributed by atoms with Gasteiger partial charge in [-0.2, -0.15) is 0 Å². The standard InChI is InChI=1S/C22H23F/c1-3-16-10-11-17(4-2)21(14-16)20-13-12-19(15-22(20)23)18-8-6-5-7-9-18/h5-9,12-15H,3-4,10-11H2,1-2H3. The Bertz CT molecular complexity index is 751. The van der Waals surface area contributed by atoms with Crippen LogP contribution >= 0.6 is 0 Å². The molecule has 118 valence electrons. The topological polar surface area (TPSA) is 0 Å². The van der Waals surface area contributed by atoms with E-state index in [0.717, 1.165) is 47.9 Å². The highest BCUT2D eigenvalue weighted by Crippen LogP contribution is 2.35. The van der Waals surface area contributed by atoms with Crippen molar-refractivity contribution in [1.29, 1.82) is 0 Å². The van der Waals surface area contributed by atoms with Crippen molar-refractivity contribution < 1.29 is 4.39 Å². The maximum Gasteiger partial charge on any atom is 0.131 e. The van der Waals surface area contributed by atoms with Crippen molar-refractivity contribution >= 4 is 5.57 Å². The Balaban J connectivity index is 2.04. The van der Waals surface area contributed by atoms with Crippen molar-refractivity contribution in [2.45, 2.75) is 39.5 Å². The monoisotopic (exact) mass is 306 g/mol. The molecular formula is C22H23F. The Morgan fingerprint density at radius 3 is 2.30 bits per heavy atom. The van der Waals surface area contributed by atoms with E-state index < -0.39 is 0 Å². The molecule has 0 amide bonds. The van der Waals surface area contributed by atoms with Crippen LogP contribution in [0.5, 0.6) is 0 Å². The largest absolute Gasteiger partial charge is 0.206 e. The van der Waals surface area contributed by atoms with Gasteiger partial charge in [-0.15, -0.1) is 0 Å². The first kappa shape index (κ1) is 15.7. The summed E-state index contributed by atoms with van der Waals surface area (Å²) in [5.74, 6) is -0.124. The number of halogens is 1. The van der Waals surface area contributed by atoms with E-state index in [9.17, 15) is 4.39 Å². The summed E-state index contributed by atoms with van der Waals surface area (Å²) in [6.45, 7) is 4.34. The first-order valence-electron chi connectivity index (χ1n) is 8.49. The molecule has 0 heterocycles. The van der Waals surface area contributed by atoms with Gasteiger partial charge in [0.1, 0.15) is 5.82 Å². The third-order valence-electron chi connectivity index (χ3n) is 4.72. The van der Waals surface area contributed by atoms with Crippen molar-refractivity contribution in [3.05, 3.63) is 77.1 Å². The number of rotatable bonds is 4. The van der Waals surface area contributed by atoms with Gasteiger partial charge in [-0.3, -0.25) is 0 Å². The molecule has 23 heavy (non-hydrogen) atoms. The molecule has 2 aromatic rings. The van der Waals surface area contributed by atoms with Crippen molar-refractivity contribution in [1.82, 2.24) is 0 Å². The van der Waals surface area contributed by atoms with Gasteiger partial charge in [-0.1, -0.05) is 73.5 Å². The number of hydrogen-bond donors (Lipinski definition) is 0. The van der Waals surface area contributed by atoms with E-state index in [-0.39, 0.29) is 5.82 Å². The number of allylic oxidation sites excluding steroid dienone is 4. The predicted octanol–water partition coefficient (Wildman–Crippen LogP) is 6.79. The van der Waals surface area contributed by atoms with E-state index in [1.165, 1.54) is 11.1 Å². The van der Waals surface area contributed by atoms with Crippen LogP contribution in [0.3, 0.4) is 0 Å². The smallest absolute Gasteiger partial charge is 0.131 e. The molecule has 0 aromatic heterocycles. The van der Waals surface area contributed by atoms with Crippen LogP contribution in [0.4, 0.5) is 4.39 Å². The first-order chi connectivity index (χ1) is 11.2. The van der Waals surface area contributed by atoms with Gasteiger partial charge in [0, 0.05) is 5.56 Å². The summed E-state index contributed by atoms with van der Waals surface area (Å²) >= 11 is 0. The molecule has 0 unspecified atom stereocenters. The number of benzene rings is 2. The Morgan fingerprint density at radius 1 is 0.870 bits per heavy atom. The molecule has 2 aromatic carbocycles. The van der Waals surface area contributed by atoms with Gasteiger partial charge < -0.3 is 0 Å². The lowest BCUT2D eigenvalue weighted by Gasteiger charge is -2.20. The Kier molecular flexibility index (Phi) is 4.76. The van der Waals surface area contributed by atoms with Crippen LogP contribution in [-0.2, 0) is 0 Å². The van der Waals surface area contributed by atoms with Gasteiger partial charge in [0.05, 0.1) is 0 Å². The summed E-state index contributed by atoms with van der Waals surface area (Å²) < 4.78 is 14.8. The Morgan fingerprint density at radius 2 is 1.65 bits per heavy atom. The molecule has 0 fully saturated rings. The maximum atomic E-state index is 14.8. The lowest BCUT2D eigenvalue weighted by Crippen LogP contribution is -2.01. The summed E-state index contributed by atoms with van der Waals surface area (Å²) in [4.78, 5) is 0. The third kappa shape index (κ3) is 3.29. The maximum absolute atomic E-state index is 14.8. The first-order valence-corrected chi connectivity index (χ1v) is 8.49. The SMILES string of the molecule is CCC1=CC(c2ccc(-c3ccccc3)cc2F)=C(CC)CC1. The second kappa shape index (κ2) is 6.95. The van der Waals surface area contributed by atoms with Crippen LogP contribution in [0.1, 0.15) is 45.1 Å². The van der Waals surface area contributed by atoms with E-state index in [2.05, 4.69) is 19.9 Å². The van der Waals surface area contributed by atoms with Crippen molar-refractivity contribution in [2.75, 3.05) is 0 Å². The molecule has 0 saturated heterocycles. The van der Waals surface area contributed by atoms with E-state index >= 15 is 0 Å². The van der Waals surface area contributed by atoms with Gasteiger partial charge >= 0.3 is 0 Å². The summed E-state index contributed by atoms with van der Waals surface area (Å²) in [6, 6.07) is 15.6. The summed E-state index contributed by atoms with van der Waals surface area (Å²) in [5.41, 5.74) is 6.62. The van der Waals surface area contributed by atoms with Crippen LogP contribution in [0.2, 0.25) is 0 Å². The lowest BCUT2D eigenvalue weighted by molar-refractivity contribution is 0.624. The molecule has 0 N–H and O–H groups in total. The zero-order chi connectivity index (χ0) is 16.2. The molecule has 1 aliphatic rings. The molecular weight excluding hydrogens is 283 g/mol. The zero-order valence-electron chi connectivity index (χ0n) is 13.9. The molecule has 0 spiro atoms. The fourth-order valence-electron chi connectivity index (χ4n) is 3.28. The van der Waals surface area contributed by atoms with Crippen LogP contribution < -0.4 is 0 Å². The summed E-state index contributed by atoms with van der Waals surface area (Å²) in [5, 5.41) is 0. The average Bonchev–Trinajstić information content (AvgIpc) is 2.62. The fourth-order valence-corrected chi connectivity index (χ4v) is 3.28. The van der Waals surface area contributed by atoms with Gasteiger partial charge in [-0.05, 0) is 48.4 Å². The van der Waals surface area contributed by atoms with Crippen LogP contribution in [-0.4, -0.2) is 0 Å². The Labute approximate surface area is 138 Å². The highest BCUT2D eigenvalue weighted by atomic mass is 19.1. The van der Waals surface area contributed by atoms with Gasteiger partial charge in [0.15, 0.2) is 0 Å². The minimum Gasteiger partial charge on any atom is -0.206 e. The molecule has 0 bridgehead atoms. The highest BCUT2D eigenvalue weighted by molar-refractivity contribution is 5.80. The van der Waals surface area contributed by atoms with E-state index in [0.29, 0.717) is 0 Å². The normalized spacial score (nSPS) is 14.8. The molecule has 0 saturated carbocycles. The molecule has 0 nitrogen and oxygen atoms in total. The second-order valence-electron chi connectivity index (χ2n) is 6.09. The lowest BCUT2D eigenvalue weighted by atomic mass is 9.85. The van der Waals surface area contributed by atoms with Crippen LogP contribution in [0, 0.1) is 5.82 Å². The predicted molar refractivity (Wildman–Crippen MR) is 96.7 cm³/mol. The zero-order valence-corrected chi connectivity index (χ0v) is 13.9. The van der Waals surface area contributed by atoms with Gasteiger partial charge in [-0.25, -0.2) is 4.39 Å². The molecule has 1 heteroatoms. The quantitative estimate of drug-likeness (QED) is 0.583. The van der Waals surface area contributed by atoms with Gasteiger partial charge in [0.25, 0.3) is 0 Å². The summed E-state index contributed by atoms with van der Waals surface area (Å²) in [7, 11) is 0. The molecule has 1 aliphatic carbocycles. The second-order valence-corrected chi connectivity index (χ2v) is 6.09. The minimum absolute atomic E-state index is 0.124.